The Hall–Kier alpha value is -1.36. The summed E-state index contributed by atoms with van der Waals surface area (Å²) < 4.78 is 5.21. The number of esters is 1. The third kappa shape index (κ3) is 4.07. The third-order valence-corrected chi connectivity index (χ3v) is 4.15. The zero-order chi connectivity index (χ0) is 14.8. The van der Waals surface area contributed by atoms with E-state index in [2.05, 4.69) is 11.4 Å². The van der Waals surface area contributed by atoms with Crippen LogP contribution in [0.5, 0.6) is 0 Å². The first-order valence-corrected chi connectivity index (χ1v) is 7.78. The van der Waals surface area contributed by atoms with Gasteiger partial charge in [-0.2, -0.15) is 0 Å². The maximum atomic E-state index is 12.1. The lowest BCUT2D eigenvalue weighted by Crippen LogP contribution is -2.35. The summed E-state index contributed by atoms with van der Waals surface area (Å²) in [5.74, 6) is -0.271. The van der Waals surface area contributed by atoms with Crippen LogP contribution in [0.4, 0.5) is 0 Å². The van der Waals surface area contributed by atoms with E-state index < -0.39 is 5.60 Å². The molecule has 110 valence electrons. The summed E-state index contributed by atoms with van der Waals surface area (Å²) in [5.41, 5.74) is 0.753. The van der Waals surface area contributed by atoms with Gasteiger partial charge in [-0.3, -0.25) is 9.59 Å². The molecule has 1 aromatic heterocycles. The molecule has 0 N–H and O–H groups in total. The van der Waals surface area contributed by atoms with Crippen LogP contribution in [-0.2, 0) is 27.3 Å². The number of carbonyl (C=O) groups excluding carboxylic acids is 2. The van der Waals surface area contributed by atoms with Gasteiger partial charge >= 0.3 is 5.97 Å². The van der Waals surface area contributed by atoms with Crippen LogP contribution < -0.4 is 0 Å². The van der Waals surface area contributed by atoms with Gasteiger partial charge in [0.1, 0.15) is 5.60 Å². The number of nitrogens with zero attached hydrogens (tertiary/aromatic N) is 1. The Labute approximate surface area is 123 Å². The van der Waals surface area contributed by atoms with Gasteiger partial charge in [-0.15, -0.1) is 11.3 Å². The number of ether oxygens (including phenoxy) is 1. The molecule has 5 heteroatoms. The van der Waals surface area contributed by atoms with Gasteiger partial charge in [-0.1, -0.05) is 0 Å². The summed E-state index contributed by atoms with van der Waals surface area (Å²) in [6.45, 7) is 6.91. The second kappa shape index (κ2) is 5.95. The van der Waals surface area contributed by atoms with E-state index in [1.165, 1.54) is 10.4 Å². The number of amides is 1. The molecule has 0 aromatic carbocycles. The molecule has 1 aliphatic heterocycles. The first kappa shape index (κ1) is 15.0. The van der Waals surface area contributed by atoms with Crippen molar-refractivity contribution in [2.24, 2.45) is 0 Å². The topological polar surface area (TPSA) is 46.6 Å². The minimum absolute atomic E-state index is 0.0349. The van der Waals surface area contributed by atoms with E-state index in [0.29, 0.717) is 6.54 Å². The largest absolute Gasteiger partial charge is 0.460 e. The molecule has 0 unspecified atom stereocenters. The first-order chi connectivity index (χ1) is 9.35. The minimum atomic E-state index is -0.489. The van der Waals surface area contributed by atoms with Crippen LogP contribution in [0, 0.1) is 0 Å². The van der Waals surface area contributed by atoms with Crippen LogP contribution in [0.1, 0.15) is 44.1 Å². The zero-order valence-corrected chi connectivity index (χ0v) is 13.1. The third-order valence-electron chi connectivity index (χ3n) is 3.12. The fourth-order valence-electron chi connectivity index (χ4n) is 2.22. The molecule has 0 radical (unpaired) electrons. The van der Waals surface area contributed by atoms with Crippen LogP contribution in [-0.4, -0.2) is 28.9 Å². The number of carbonyl (C=O) groups is 2. The van der Waals surface area contributed by atoms with Crippen LogP contribution in [0.15, 0.2) is 11.4 Å². The molecule has 0 atom stereocenters. The van der Waals surface area contributed by atoms with E-state index in [0.717, 1.165) is 13.0 Å². The van der Waals surface area contributed by atoms with Crippen LogP contribution >= 0.6 is 11.3 Å². The van der Waals surface area contributed by atoms with Crippen molar-refractivity contribution in [3.63, 3.8) is 0 Å². The zero-order valence-electron chi connectivity index (χ0n) is 12.3. The maximum Gasteiger partial charge on any atom is 0.306 e. The molecule has 0 bridgehead atoms. The normalized spacial score (nSPS) is 14.8. The van der Waals surface area contributed by atoms with Crippen molar-refractivity contribution in [3.05, 3.63) is 21.9 Å². The van der Waals surface area contributed by atoms with Gasteiger partial charge in [0.2, 0.25) is 5.91 Å². The summed E-state index contributed by atoms with van der Waals surface area (Å²) in [5, 5.41) is 2.07. The Balaban J connectivity index is 1.80. The second-order valence-electron chi connectivity index (χ2n) is 6.02. The standard InChI is InChI=1S/C15H21NO3S/c1-15(2,3)19-14(18)5-4-13(17)16-8-6-12-11(10-16)7-9-20-12/h7,9H,4-6,8,10H2,1-3H3. The summed E-state index contributed by atoms with van der Waals surface area (Å²) in [6, 6.07) is 2.08. The molecule has 0 spiro atoms. The first-order valence-electron chi connectivity index (χ1n) is 6.90. The van der Waals surface area contributed by atoms with E-state index in [4.69, 9.17) is 4.74 Å². The van der Waals surface area contributed by atoms with E-state index in [1.54, 1.807) is 11.3 Å². The highest BCUT2D eigenvalue weighted by Gasteiger charge is 2.23. The molecule has 1 amide bonds. The smallest absolute Gasteiger partial charge is 0.306 e. The lowest BCUT2D eigenvalue weighted by Gasteiger charge is -2.27. The summed E-state index contributed by atoms with van der Waals surface area (Å²) >= 11 is 1.75. The molecule has 1 aromatic rings. The van der Waals surface area contributed by atoms with Gasteiger partial charge in [0.05, 0.1) is 6.42 Å². The molecule has 0 saturated heterocycles. The van der Waals surface area contributed by atoms with Crippen molar-refractivity contribution in [2.75, 3.05) is 6.54 Å². The number of hydrogen-bond donors (Lipinski definition) is 0. The average molecular weight is 295 g/mol. The predicted octanol–water partition coefficient (Wildman–Crippen LogP) is 2.75. The summed E-state index contributed by atoms with van der Waals surface area (Å²) in [4.78, 5) is 26.9. The fraction of sp³-hybridized carbons (Fsp3) is 0.600. The molecular weight excluding hydrogens is 274 g/mol. The van der Waals surface area contributed by atoms with Crippen LogP contribution in [0.25, 0.3) is 0 Å². The molecular formula is C15H21NO3S. The molecule has 2 heterocycles. The van der Waals surface area contributed by atoms with E-state index in [1.807, 2.05) is 25.7 Å². The Morgan fingerprint density at radius 3 is 2.80 bits per heavy atom. The molecule has 0 fully saturated rings. The summed E-state index contributed by atoms with van der Waals surface area (Å²) in [7, 11) is 0. The van der Waals surface area contributed by atoms with Crippen molar-refractivity contribution in [1.29, 1.82) is 0 Å². The van der Waals surface area contributed by atoms with E-state index in [9.17, 15) is 9.59 Å². The van der Waals surface area contributed by atoms with Crippen molar-refractivity contribution < 1.29 is 14.3 Å². The lowest BCUT2D eigenvalue weighted by molar-refractivity contribution is -0.156. The molecule has 0 aliphatic carbocycles. The predicted molar refractivity (Wildman–Crippen MR) is 78.5 cm³/mol. The number of fused-ring (bicyclic) bond motifs is 1. The second-order valence-corrected chi connectivity index (χ2v) is 7.02. The van der Waals surface area contributed by atoms with Gasteiger partial charge < -0.3 is 9.64 Å². The highest BCUT2D eigenvalue weighted by atomic mass is 32.1. The van der Waals surface area contributed by atoms with Gasteiger partial charge in [0.25, 0.3) is 0 Å². The Kier molecular flexibility index (Phi) is 4.48. The monoisotopic (exact) mass is 295 g/mol. The number of thiophene rings is 1. The van der Waals surface area contributed by atoms with Gasteiger partial charge in [0, 0.05) is 24.4 Å². The fourth-order valence-corrected chi connectivity index (χ4v) is 3.11. The molecule has 2 rings (SSSR count). The van der Waals surface area contributed by atoms with E-state index >= 15 is 0 Å². The maximum absolute atomic E-state index is 12.1. The molecule has 4 nitrogen and oxygen atoms in total. The van der Waals surface area contributed by atoms with Crippen molar-refractivity contribution in [1.82, 2.24) is 4.90 Å². The minimum Gasteiger partial charge on any atom is -0.460 e. The Morgan fingerprint density at radius 1 is 1.35 bits per heavy atom. The molecule has 0 saturated carbocycles. The Bertz CT molecular complexity index is 501. The van der Waals surface area contributed by atoms with Gasteiger partial charge in [-0.25, -0.2) is 0 Å². The molecule has 1 aliphatic rings. The average Bonchev–Trinajstić information content (AvgIpc) is 2.80. The summed E-state index contributed by atoms with van der Waals surface area (Å²) in [6.07, 6.45) is 1.31. The van der Waals surface area contributed by atoms with Gasteiger partial charge in [-0.05, 0) is 44.2 Å². The van der Waals surface area contributed by atoms with E-state index in [-0.39, 0.29) is 24.7 Å². The van der Waals surface area contributed by atoms with Crippen molar-refractivity contribution in [2.45, 2.75) is 52.2 Å². The van der Waals surface area contributed by atoms with Crippen LogP contribution in [0.2, 0.25) is 0 Å². The van der Waals surface area contributed by atoms with Gasteiger partial charge in [0.15, 0.2) is 0 Å². The highest BCUT2D eigenvalue weighted by Crippen LogP contribution is 2.24. The quantitative estimate of drug-likeness (QED) is 0.806. The van der Waals surface area contributed by atoms with Crippen molar-refractivity contribution >= 4 is 23.2 Å². The number of rotatable bonds is 3. The Morgan fingerprint density at radius 2 is 2.10 bits per heavy atom. The SMILES string of the molecule is CC(C)(C)OC(=O)CCC(=O)N1CCc2sccc2C1. The highest BCUT2D eigenvalue weighted by molar-refractivity contribution is 7.10. The molecule has 20 heavy (non-hydrogen) atoms. The van der Waals surface area contributed by atoms with Crippen LogP contribution in [0.3, 0.4) is 0 Å². The number of hydrogen-bond acceptors (Lipinski definition) is 4. The lowest BCUT2D eigenvalue weighted by atomic mass is 10.1. The van der Waals surface area contributed by atoms with Crippen molar-refractivity contribution in [3.8, 4) is 0 Å².